The Labute approximate surface area is 114 Å². The van der Waals surface area contributed by atoms with Gasteiger partial charge in [0.15, 0.2) is 0 Å². The average Bonchev–Trinajstić information content (AvgIpc) is 2.47. The number of nitrogens with zero attached hydrogens (tertiary/aromatic N) is 2. The third kappa shape index (κ3) is 2.57. The normalized spacial score (nSPS) is 9.80. The molecule has 0 bridgehead atoms. The number of hydrogen-bond donors (Lipinski definition) is 1. The molecule has 0 aliphatic carbocycles. The van der Waals surface area contributed by atoms with Crippen LogP contribution >= 0.6 is 0 Å². The first-order valence-electron chi connectivity index (χ1n) is 5.92. The summed E-state index contributed by atoms with van der Waals surface area (Å²) >= 11 is 0. The smallest absolute Gasteiger partial charge is 0.339 e. The zero-order valence-electron chi connectivity index (χ0n) is 10.7. The quantitative estimate of drug-likeness (QED) is 0.851. The number of nitrogens with one attached hydrogen (secondary N) is 1. The van der Waals surface area contributed by atoms with Crippen LogP contribution in [0.3, 0.4) is 0 Å². The second kappa shape index (κ2) is 5.80. The fourth-order valence-electron chi connectivity index (χ4n) is 1.73. The highest BCUT2D eigenvalue weighted by Crippen LogP contribution is 2.17. The van der Waals surface area contributed by atoms with Crippen LogP contribution in [0.25, 0.3) is 11.3 Å². The molecule has 2 rings (SSSR count). The first-order chi connectivity index (χ1) is 9.67. The molecular formula is C14H11N3O3. The van der Waals surface area contributed by atoms with Crippen LogP contribution in [0.2, 0.25) is 0 Å². The molecule has 100 valence electrons. The van der Waals surface area contributed by atoms with Gasteiger partial charge >= 0.3 is 5.97 Å². The number of pyridine rings is 2. The van der Waals surface area contributed by atoms with Crippen LogP contribution in [0, 0.1) is 11.3 Å². The topological polar surface area (TPSA) is 95.8 Å². The molecular weight excluding hydrogens is 258 g/mol. The van der Waals surface area contributed by atoms with E-state index < -0.39 is 11.5 Å². The lowest BCUT2D eigenvalue weighted by Crippen LogP contribution is -2.18. The highest BCUT2D eigenvalue weighted by molar-refractivity contribution is 5.93. The van der Waals surface area contributed by atoms with Crippen molar-refractivity contribution in [2.45, 2.75) is 6.92 Å². The van der Waals surface area contributed by atoms with Gasteiger partial charge in [0.25, 0.3) is 5.56 Å². The van der Waals surface area contributed by atoms with Crippen LogP contribution in [0.1, 0.15) is 22.8 Å². The maximum atomic E-state index is 11.9. The summed E-state index contributed by atoms with van der Waals surface area (Å²) in [5.41, 5.74) is 0.211. The molecule has 1 N–H and O–H groups in total. The molecule has 0 aliphatic heterocycles. The van der Waals surface area contributed by atoms with Crippen LogP contribution in [-0.4, -0.2) is 22.5 Å². The van der Waals surface area contributed by atoms with E-state index in [0.29, 0.717) is 11.3 Å². The molecule has 0 aliphatic rings. The fraction of sp³-hybridized carbons (Fsp3) is 0.143. The number of nitriles is 1. The molecule has 0 unspecified atom stereocenters. The third-order valence-electron chi connectivity index (χ3n) is 2.63. The maximum absolute atomic E-state index is 11.9. The highest BCUT2D eigenvalue weighted by Gasteiger charge is 2.17. The lowest BCUT2D eigenvalue weighted by Gasteiger charge is -2.06. The summed E-state index contributed by atoms with van der Waals surface area (Å²) in [5.74, 6) is -0.689. The summed E-state index contributed by atoms with van der Waals surface area (Å²) in [6.45, 7) is 1.82. The van der Waals surface area contributed by atoms with Crippen molar-refractivity contribution in [1.29, 1.82) is 5.26 Å². The number of esters is 1. The lowest BCUT2D eigenvalue weighted by molar-refractivity contribution is 0.0525. The van der Waals surface area contributed by atoms with E-state index in [1.165, 1.54) is 6.07 Å². The lowest BCUT2D eigenvalue weighted by atomic mass is 10.1. The Bertz CT molecular complexity index is 730. The maximum Gasteiger partial charge on any atom is 0.339 e. The summed E-state index contributed by atoms with van der Waals surface area (Å²) in [5, 5.41) is 8.99. The molecule has 0 atom stereocenters. The number of carbonyl (C=O) groups is 1. The molecule has 0 fully saturated rings. The summed E-state index contributed by atoms with van der Waals surface area (Å²) in [6.07, 6.45) is 3.13. The SMILES string of the molecule is CCOC(=O)c1cc(-c2ccncc2)[nH]c(=O)c1C#N. The molecule has 0 saturated heterocycles. The van der Waals surface area contributed by atoms with Crippen LogP contribution in [0.5, 0.6) is 0 Å². The fourth-order valence-corrected chi connectivity index (χ4v) is 1.73. The highest BCUT2D eigenvalue weighted by atomic mass is 16.5. The minimum atomic E-state index is -0.689. The molecule has 20 heavy (non-hydrogen) atoms. The van der Waals surface area contributed by atoms with Gasteiger partial charge in [0.2, 0.25) is 0 Å². The van der Waals surface area contributed by atoms with Gasteiger partial charge in [-0.2, -0.15) is 5.26 Å². The summed E-state index contributed by atoms with van der Waals surface area (Å²) < 4.78 is 4.86. The van der Waals surface area contributed by atoms with Gasteiger partial charge in [0.1, 0.15) is 11.6 Å². The van der Waals surface area contributed by atoms with E-state index in [1.807, 2.05) is 0 Å². The van der Waals surface area contributed by atoms with Gasteiger partial charge in [0.05, 0.1) is 12.2 Å². The summed E-state index contributed by atoms with van der Waals surface area (Å²) in [6, 6.07) is 6.54. The number of aromatic amines is 1. The first kappa shape index (κ1) is 13.5. The predicted octanol–water partition coefficient (Wildman–Crippen LogP) is 1.49. The molecule has 6 nitrogen and oxygen atoms in total. The zero-order valence-corrected chi connectivity index (χ0v) is 10.7. The Morgan fingerprint density at radius 1 is 1.45 bits per heavy atom. The molecule has 2 aromatic rings. The number of H-pyrrole nitrogens is 1. The largest absolute Gasteiger partial charge is 0.462 e. The van der Waals surface area contributed by atoms with Gasteiger partial charge in [-0.15, -0.1) is 0 Å². The van der Waals surface area contributed by atoms with Gasteiger partial charge in [0, 0.05) is 23.7 Å². The second-order valence-corrected chi connectivity index (χ2v) is 3.87. The molecule has 2 heterocycles. The Balaban J connectivity index is 2.62. The van der Waals surface area contributed by atoms with Gasteiger partial charge in [-0.05, 0) is 25.1 Å². The van der Waals surface area contributed by atoms with Crippen LogP contribution in [-0.2, 0) is 4.74 Å². The Hall–Kier alpha value is -2.94. The standard InChI is InChI=1S/C14H11N3O3/c1-2-20-14(19)10-7-12(9-3-5-16-6-4-9)17-13(18)11(10)8-15/h3-7H,2H2,1H3,(H,17,18). The van der Waals surface area contributed by atoms with E-state index in [-0.39, 0.29) is 17.7 Å². The second-order valence-electron chi connectivity index (χ2n) is 3.87. The Morgan fingerprint density at radius 3 is 2.75 bits per heavy atom. The van der Waals surface area contributed by atoms with Crippen LogP contribution < -0.4 is 5.56 Å². The minimum Gasteiger partial charge on any atom is -0.462 e. The predicted molar refractivity (Wildman–Crippen MR) is 71.0 cm³/mol. The number of aromatic nitrogens is 2. The van der Waals surface area contributed by atoms with Crippen LogP contribution in [0.4, 0.5) is 0 Å². The molecule has 6 heteroatoms. The zero-order chi connectivity index (χ0) is 14.5. The van der Waals surface area contributed by atoms with Crippen molar-refractivity contribution in [3.8, 4) is 17.3 Å². The van der Waals surface area contributed by atoms with Crippen molar-refractivity contribution in [1.82, 2.24) is 9.97 Å². The van der Waals surface area contributed by atoms with Gasteiger partial charge in [-0.25, -0.2) is 4.79 Å². The molecule has 0 saturated carbocycles. The summed E-state index contributed by atoms with van der Waals surface area (Å²) in [7, 11) is 0. The average molecular weight is 269 g/mol. The van der Waals surface area contributed by atoms with E-state index in [2.05, 4.69) is 9.97 Å². The number of hydrogen-bond acceptors (Lipinski definition) is 5. The van der Waals surface area contributed by atoms with Gasteiger partial charge in [-0.3, -0.25) is 9.78 Å². The van der Waals surface area contributed by atoms with Gasteiger partial charge in [-0.1, -0.05) is 0 Å². The van der Waals surface area contributed by atoms with Crippen molar-refractivity contribution < 1.29 is 9.53 Å². The minimum absolute atomic E-state index is 0.0371. The molecule has 2 aromatic heterocycles. The first-order valence-corrected chi connectivity index (χ1v) is 5.92. The van der Waals surface area contributed by atoms with Crippen molar-refractivity contribution in [3.63, 3.8) is 0 Å². The van der Waals surface area contributed by atoms with Crippen molar-refractivity contribution >= 4 is 5.97 Å². The molecule has 0 amide bonds. The van der Waals surface area contributed by atoms with Crippen molar-refractivity contribution in [2.24, 2.45) is 0 Å². The van der Waals surface area contributed by atoms with E-state index in [0.717, 1.165) is 0 Å². The monoisotopic (exact) mass is 269 g/mol. The number of ether oxygens (including phenoxy) is 1. The molecule has 0 spiro atoms. The van der Waals surface area contributed by atoms with Crippen molar-refractivity contribution in [3.05, 3.63) is 52.1 Å². The number of carbonyl (C=O) groups excluding carboxylic acids is 1. The number of rotatable bonds is 3. The van der Waals surface area contributed by atoms with E-state index in [4.69, 9.17) is 10.00 Å². The van der Waals surface area contributed by atoms with Gasteiger partial charge < -0.3 is 9.72 Å². The Morgan fingerprint density at radius 2 is 2.15 bits per heavy atom. The summed E-state index contributed by atoms with van der Waals surface area (Å²) in [4.78, 5) is 30.1. The van der Waals surface area contributed by atoms with E-state index in [1.54, 1.807) is 37.5 Å². The molecule has 0 radical (unpaired) electrons. The Kier molecular flexibility index (Phi) is 3.91. The van der Waals surface area contributed by atoms with E-state index in [9.17, 15) is 9.59 Å². The third-order valence-corrected chi connectivity index (χ3v) is 2.63. The molecule has 0 aromatic carbocycles. The van der Waals surface area contributed by atoms with E-state index >= 15 is 0 Å². The van der Waals surface area contributed by atoms with Crippen LogP contribution in [0.15, 0.2) is 35.4 Å². The van der Waals surface area contributed by atoms with Crippen molar-refractivity contribution in [2.75, 3.05) is 6.61 Å².